The van der Waals surface area contributed by atoms with Crippen LogP contribution in [0.1, 0.15) is 26.5 Å². The summed E-state index contributed by atoms with van der Waals surface area (Å²) < 4.78 is 1.80. The van der Waals surface area contributed by atoms with Crippen molar-refractivity contribution in [1.29, 1.82) is 0 Å². The second-order valence-corrected chi connectivity index (χ2v) is 9.73. The molecule has 0 aliphatic heterocycles. The number of imidazole rings is 1. The summed E-state index contributed by atoms with van der Waals surface area (Å²) in [5.41, 5.74) is 2.94. The van der Waals surface area contributed by atoms with Crippen molar-refractivity contribution in [2.24, 2.45) is 0 Å². The van der Waals surface area contributed by atoms with Crippen molar-refractivity contribution in [3.05, 3.63) is 151 Å². The topological polar surface area (TPSA) is 171 Å². The number of aldehydes is 1. The zero-order valence-electron chi connectivity index (χ0n) is 24.6. The molecule has 0 atom stereocenters. The molecule has 11 nitrogen and oxygen atoms in total. The standard InChI is InChI=1S/C18H13N3O2.C11H8N2O2.C7H6O2/c22-14-8-3-1-6-12(14)16-18-19-10-5-11-21(18)17(20-16)13-7-2-4-9-15(13)23;14-9-5-2-1-4-8(9)10(15)11-12-6-3-7-13-11;8-5-6-3-1-2-4-7(6)9/h1-11,22-23H;1-7,14H;1-5,9H. The van der Waals surface area contributed by atoms with Crippen LogP contribution < -0.4 is 0 Å². The Balaban J connectivity index is 0.000000155. The highest BCUT2D eigenvalue weighted by Gasteiger charge is 2.19. The van der Waals surface area contributed by atoms with Gasteiger partial charge in [-0.2, -0.15) is 0 Å². The molecule has 47 heavy (non-hydrogen) atoms. The van der Waals surface area contributed by atoms with Crippen molar-refractivity contribution in [3.63, 3.8) is 0 Å². The lowest BCUT2D eigenvalue weighted by Crippen LogP contribution is -2.06. The van der Waals surface area contributed by atoms with Crippen LogP contribution in [0.2, 0.25) is 0 Å². The molecular weight excluding hydrogens is 598 g/mol. The van der Waals surface area contributed by atoms with E-state index >= 15 is 0 Å². The summed E-state index contributed by atoms with van der Waals surface area (Å²) in [6.45, 7) is 0. The minimum Gasteiger partial charge on any atom is -0.507 e. The fourth-order valence-corrected chi connectivity index (χ4v) is 4.42. The van der Waals surface area contributed by atoms with E-state index in [9.17, 15) is 24.9 Å². The predicted molar refractivity (Wildman–Crippen MR) is 174 cm³/mol. The highest BCUT2D eigenvalue weighted by molar-refractivity contribution is 6.08. The Morgan fingerprint density at radius 3 is 1.74 bits per heavy atom. The lowest BCUT2D eigenvalue weighted by molar-refractivity contribution is 0.102. The molecule has 0 aliphatic carbocycles. The Morgan fingerprint density at radius 2 is 1.15 bits per heavy atom. The lowest BCUT2D eigenvalue weighted by Gasteiger charge is -2.02. The van der Waals surface area contributed by atoms with Crippen LogP contribution in [0, 0.1) is 0 Å². The molecule has 3 heterocycles. The molecule has 3 aromatic heterocycles. The number of carbonyl (C=O) groups is 2. The van der Waals surface area contributed by atoms with Crippen LogP contribution in [-0.2, 0) is 0 Å². The number of nitrogens with zero attached hydrogens (tertiary/aromatic N) is 5. The quantitative estimate of drug-likeness (QED) is 0.130. The summed E-state index contributed by atoms with van der Waals surface area (Å²) in [5.74, 6) is 0.536. The van der Waals surface area contributed by atoms with E-state index in [-0.39, 0.29) is 40.2 Å². The first-order valence-electron chi connectivity index (χ1n) is 14.1. The first kappa shape index (κ1) is 31.5. The van der Waals surface area contributed by atoms with Crippen molar-refractivity contribution in [2.45, 2.75) is 0 Å². The highest BCUT2D eigenvalue weighted by atomic mass is 16.3. The molecule has 0 unspecified atom stereocenters. The van der Waals surface area contributed by atoms with Gasteiger partial charge in [0.15, 0.2) is 11.9 Å². The van der Waals surface area contributed by atoms with Crippen molar-refractivity contribution in [2.75, 3.05) is 0 Å². The minimum absolute atomic E-state index is 0.0347. The zero-order chi connectivity index (χ0) is 33.2. The third-order valence-electron chi connectivity index (χ3n) is 6.69. The third kappa shape index (κ3) is 7.27. The van der Waals surface area contributed by atoms with Gasteiger partial charge < -0.3 is 20.4 Å². The van der Waals surface area contributed by atoms with Crippen molar-refractivity contribution >= 4 is 17.7 Å². The number of phenolic OH excluding ortho intramolecular Hbond substituents is 4. The average molecular weight is 626 g/mol. The van der Waals surface area contributed by atoms with E-state index in [4.69, 9.17) is 5.11 Å². The molecule has 7 aromatic rings. The molecule has 0 fully saturated rings. The van der Waals surface area contributed by atoms with Gasteiger partial charge in [0.2, 0.25) is 11.6 Å². The van der Waals surface area contributed by atoms with Gasteiger partial charge in [-0.25, -0.2) is 19.9 Å². The van der Waals surface area contributed by atoms with E-state index in [0.717, 1.165) is 0 Å². The minimum atomic E-state index is -0.381. The maximum Gasteiger partial charge on any atom is 0.233 e. The molecule has 0 saturated heterocycles. The van der Waals surface area contributed by atoms with Crippen LogP contribution in [0.15, 0.2) is 134 Å². The van der Waals surface area contributed by atoms with Crippen LogP contribution in [-0.4, -0.2) is 56.8 Å². The van der Waals surface area contributed by atoms with Gasteiger partial charge in [0, 0.05) is 30.4 Å². The summed E-state index contributed by atoms with van der Waals surface area (Å²) in [6, 6.07) is 30.2. The number of ketones is 1. The predicted octanol–water partition coefficient (Wildman–Crippen LogP) is 6.09. The molecule has 4 aromatic carbocycles. The van der Waals surface area contributed by atoms with Crippen LogP contribution in [0.4, 0.5) is 0 Å². The molecular formula is C36H27N5O6. The second kappa shape index (κ2) is 14.7. The van der Waals surface area contributed by atoms with E-state index in [2.05, 4.69) is 19.9 Å². The molecule has 4 N–H and O–H groups in total. The monoisotopic (exact) mass is 625 g/mol. The van der Waals surface area contributed by atoms with Gasteiger partial charge in [-0.15, -0.1) is 0 Å². The average Bonchev–Trinajstić information content (AvgIpc) is 3.49. The first-order valence-corrected chi connectivity index (χ1v) is 14.1. The molecule has 0 aliphatic rings. The molecule has 0 bridgehead atoms. The molecule has 0 spiro atoms. The fourth-order valence-electron chi connectivity index (χ4n) is 4.42. The maximum atomic E-state index is 11.8. The van der Waals surface area contributed by atoms with Gasteiger partial charge >= 0.3 is 0 Å². The van der Waals surface area contributed by atoms with Crippen molar-refractivity contribution in [3.8, 4) is 45.6 Å². The number of carbonyl (C=O) groups excluding carboxylic acids is 2. The lowest BCUT2D eigenvalue weighted by atomic mass is 10.1. The largest absolute Gasteiger partial charge is 0.507 e. The molecule has 7 rings (SSSR count). The van der Waals surface area contributed by atoms with E-state index in [1.165, 1.54) is 30.6 Å². The summed E-state index contributed by atoms with van der Waals surface area (Å²) >= 11 is 0. The summed E-state index contributed by atoms with van der Waals surface area (Å²) in [4.78, 5) is 38.5. The highest BCUT2D eigenvalue weighted by Crippen LogP contribution is 2.35. The Labute approximate surface area is 268 Å². The van der Waals surface area contributed by atoms with Gasteiger partial charge in [0.05, 0.1) is 16.7 Å². The number of aromatic hydroxyl groups is 4. The number of aromatic nitrogens is 5. The van der Waals surface area contributed by atoms with Gasteiger partial charge in [0.1, 0.15) is 34.5 Å². The Hall–Kier alpha value is -6.88. The van der Waals surface area contributed by atoms with Crippen LogP contribution in [0.3, 0.4) is 0 Å². The van der Waals surface area contributed by atoms with Crippen LogP contribution >= 0.6 is 0 Å². The number of rotatable bonds is 5. The number of hydrogen-bond donors (Lipinski definition) is 4. The summed E-state index contributed by atoms with van der Waals surface area (Å²) in [7, 11) is 0. The number of benzene rings is 4. The molecule has 0 amide bonds. The number of para-hydroxylation sites is 4. The first-order chi connectivity index (χ1) is 22.9. The normalized spacial score (nSPS) is 10.2. The van der Waals surface area contributed by atoms with E-state index in [1.807, 2.05) is 18.3 Å². The molecule has 0 radical (unpaired) electrons. The number of phenols is 4. The zero-order valence-corrected chi connectivity index (χ0v) is 24.6. The molecule has 11 heteroatoms. The Morgan fingerprint density at radius 1 is 0.596 bits per heavy atom. The molecule has 0 saturated carbocycles. The molecule has 232 valence electrons. The maximum absolute atomic E-state index is 11.8. The SMILES string of the molecule is O=C(c1ncccn1)c1ccccc1O.O=Cc1ccccc1O.Oc1ccccc1-c1nc(-c2ccccc2O)n2cccnc12. The van der Waals surface area contributed by atoms with E-state index in [1.54, 1.807) is 89.5 Å². The number of hydrogen-bond acceptors (Lipinski definition) is 10. The summed E-state index contributed by atoms with van der Waals surface area (Å²) in [5, 5.41) is 38.6. The Kier molecular flexibility index (Phi) is 9.89. The Bertz CT molecular complexity index is 2070. The van der Waals surface area contributed by atoms with Gasteiger partial charge in [-0.05, 0) is 60.7 Å². The summed E-state index contributed by atoms with van der Waals surface area (Å²) in [6.07, 6.45) is 7.10. The van der Waals surface area contributed by atoms with Gasteiger partial charge in [-0.1, -0.05) is 48.5 Å². The fraction of sp³-hybridized carbons (Fsp3) is 0. The van der Waals surface area contributed by atoms with Gasteiger partial charge in [-0.3, -0.25) is 14.0 Å². The third-order valence-corrected chi connectivity index (χ3v) is 6.69. The van der Waals surface area contributed by atoms with Crippen LogP contribution in [0.5, 0.6) is 23.0 Å². The van der Waals surface area contributed by atoms with E-state index in [0.29, 0.717) is 40.1 Å². The second-order valence-electron chi connectivity index (χ2n) is 9.73. The van der Waals surface area contributed by atoms with E-state index < -0.39 is 0 Å². The van der Waals surface area contributed by atoms with Crippen molar-refractivity contribution in [1.82, 2.24) is 24.3 Å². The van der Waals surface area contributed by atoms with Gasteiger partial charge in [0.25, 0.3) is 0 Å². The van der Waals surface area contributed by atoms with Crippen molar-refractivity contribution < 1.29 is 30.0 Å². The smallest absolute Gasteiger partial charge is 0.233 e. The number of fused-ring (bicyclic) bond motifs is 1. The van der Waals surface area contributed by atoms with Crippen LogP contribution in [0.25, 0.3) is 28.3 Å².